The molecule has 4 aromatic rings. The van der Waals surface area contributed by atoms with E-state index >= 15 is 0 Å². The number of alkyl halides is 2. The van der Waals surface area contributed by atoms with E-state index in [-0.39, 0.29) is 12.3 Å². The van der Waals surface area contributed by atoms with Crippen molar-refractivity contribution in [1.82, 2.24) is 24.5 Å². The van der Waals surface area contributed by atoms with Gasteiger partial charge >= 0.3 is 6.61 Å². The Labute approximate surface area is 191 Å². The van der Waals surface area contributed by atoms with Crippen LogP contribution in [0.1, 0.15) is 31.1 Å². The van der Waals surface area contributed by atoms with Crippen LogP contribution in [-0.2, 0) is 12.1 Å². The summed E-state index contributed by atoms with van der Waals surface area (Å²) >= 11 is 3.43. The zero-order chi connectivity index (χ0) is 23.0. The summed E-state index contributed by atoms with van der Waals surface area (Å²) in [4.78, 5) is 17.7. The lowest BCUT2D eigenvalue weighted by atomic mass is 10.1. The van der Waals surface area contributed by atoms with Crippen molar-refractivity contribution in [3.05, 3.63) is 64.4 Å². The summed E-state index contributed by atoms with van der Waals surface area (Å²) in [5, 5.41) is 10.1. The third-order valence-corrected chi connectivity index (χ3v) is 5.63. The van der Waals surface area contributed by atoms with Crippen LogP contribution in [0.25, 0.3) is 22.4 Å². The van der Waals surface area contributed by atoms with Crippen molar-refractivity contribution in [2.24, 2.45) is 0 Å². The minimum absolute atomic E-state index is 0.0855. The van der Waals surface area contributed by atoms with E-state index in [1.54, 1.807) is 38.4 Å². The van der Waals surface area contributed by atoms with Crippen molar-refractivity contribution in [3.63, 3.8) is 0 Å². The van der Waals surface area contributed by atoms with E-state index in [4.69, 9.17) is 9.72 Å². The SMILES string of the molecule is Cc1nc2ccc(-c3cnc(C(C)(C)O)nc3)nc2n1Cc1c(Br)cccc1OC(F)F. The molecule has 32 heavy (non-hydrogen) atoms. The maximum absolute atomic E-state index is 12.9. The fourth-order valence-electron chi connectivity index (χ4n) is 3.30. The Hall–Kier alpha value is -2.98. The Morgan fingerprint density at radius 3 is 2.50 bits per heavy atom. The average molecular weight is 504 g/mol. The standard InChI is InChI=1S/C22H20BrF2N5O2/c1-12-28-17-8-7-16(13-9-26-20(27-10-13)22(2,3)31)29-19(17)30(12)11-14-15(23)5-4-6-18(14)32-21(24)25/h4-10,21,31H,11H2,1-3H3. The maximum Gasteiger partial charge on any atom is 0.387 e. The first-order valence-electron chi connectivity index (χ1n) is 9.75. The van der Waals surface area contributed by atoms with Gasteiger partial charge in [-0.3, -0.25) is 0 Å². The fraction of sp³-hybridized carbons (Fsp3) is 0.273. The Kier molecular flexibility index (Phi) is 5.91. The predicted octanol–water partition coefficient (Wildman–Crippen LogP) is 4.84. The molecule has 0 saturated carbocycles. The first-order chi connectivity index (χ1) is 15.1. The zero-order valence-corrected chi connectivity index (χ0v) is 19.1. The van der Waals surface area contributed by atoms with E-state index in [1.165, 1.54) is 6.07 Å². The molecule has 0 radical (unpaired) electrons. The van der Waals surface area contributed by atoms with Gasteiger partial charge in [0.15, 0.2) is 11.5 Å². The summed E-state index contributed by atoms with van der Waals surface area (Å²) < 4.78 is 33.0. The second-order valence-electron chi connectivity index (χ2n) is 7.73. The number of rotatable bonds is 6. The lowest BCUT2D eigenvalue weighted by molar-refractivity contribution is -0.0505. The molecule has 3 aromatic heterocycles. The quantitative estimate of drug-likeness (QED) is 0.405. The highest BCUT2D eigenvalue weighted by Crippen LogP contribution is 2.31. The van der Waals surface area contributed by atoms with Gasteiger partial charge in [-0.25, -0.2) is 19.9 Å². The van der Waals surface area contributed by atoms with Gasteiger partial charge in [0.25, 0.3) is 0 Å². The highest BCUT2D eigenvalue weighted by molar-refractivity contribution is 9.10. The molecular formula is C22H20BrF2N5O2. The van der Waals surface area contributed by atoms with Gasteiger partial charge in [-0.1, -0.05) is 22.0 Å². The van der Waals surface area contributed by atoms with E-state index in [9.17, 15) is 13.9 Å². The number of aromatic nitrogens is 5. The molecule has 166 valence electrons. The average Bonchev–Trinajstić information content (AvgIpc) is 3.04. The van der Waals surface area contributed by atoms with Gasteiger partial charge in [-0.2, -0.15) is 8.78 Å². The molecule has 0 atom stereocenters. The van der Waals surface area contributed by atoms with Crippen LogP contribution in [-0.4, -0.2) is 36.2 Å². The first-order valence-corrected chi connectivity index (χ1v) is 10.5. The molecule has 0 amide bonds. The lowest BCUT2D eigenvalue weighted by Crippen LogP contribution is -2.19. The molecule has 10 heteroatoms. The summed E-state index contributed by atoms with van der Waals surface area (Å²) in [6.45, 7) is 2.35. The van der Waals surface area contributed by atoms with Gasteiger partial charge in [-0.15, -0.1) is 0 Å². The van der Waals surface area contributed by atoms with Crippen molar-refractivity contribution in [3.8, 4) is 17.0 Å². The van der Waals surface area contributed by atoms with Gasteiger partial charge in [0, 0.05) is 28.0 Å². The maximum atomic E-state index is 12.9. The van der Waals surface area contributed by atoms with Crippen molar-refractivity contribution in [2.75, 3.05) is 0 Å². The molecule has 4 rings (SSSR count). The van der Waals surface area contributed by atoms with Gasteiger partial charge in [-0.05, 0) is 45.0 Å². The van der Waals surface area contributed by atoms with Crippen LogP contribution in [0.3, 0.4) is 0 Å². The smallest absolute Gasteiger partial charge is 0.387 e. The second kappa shape index (κ2) is 8.51. The Morgan fingerprint density at radius 2 is 1.84 bits per heavy atom. The zero-order valence-electron chi connectivity index (χ0n) is 17.6. The number of hydrogen-bond donors (Lipinski definition) is 1. The normalized spacial score (nSPS) is 12.0. The third-order valence-electron chi connectivity index (χ3n) is 4.89. The van der Waals surface area contributed by atoms with Gasteiger partial charge < -0.3 is 14.4 Å². The molecule has 0 unspecified atom stereocenters. The molecule has 0 spiro atoms. The third kappa shape index (κ3) is 4.46. The van der Waals surface area contributed by atoms with Crippen LogP contribution in [0.4, 0.5) is 8.78 Å². The number of aliphatic hydroxyl groups is 1. The summed E-state index contributed by atoms with van der Waals surface area (Å²) in [6, 6.07) is 8.55. The summed E-state index contributed by atoms with van der Waals surface area (Å²) in [5.74, 6) is 1.07. The number of pyridine rings is 1. The van der Waals surface area contributed by atoms with E-state index in [0.29, 0.717) is 44.1 Å². The Bertz CT molecular complexity index is 1270. The summed E-state index contributed by atoms with van der Waals surface area (Å²) in [6.07, 6.45) is 3.20. The minimum atomic E-state index is -2.93. The van der Waals surface area contributed by atoms with Crippen LogP contribution in [0.2, 0.25) is 0 Å². The van der Waals surface area contributed by atoms with Crippen LogP contribution >= 0.6 is 15.9 Å². The van der Waals surface area contributed by atoms with Crippen LogP contribution in [0.5, 0.6) is 5.75 Å². The van der Waals surface area contributed by atoms with Gasteiger partial charge in [0.2, 0.25) is 0 Å². The molecule has 3 heterocycles. The van der Waals surface area contributed by atoms with E-state index in [1.807, 2.05) is 23.6 Å². The number of imidazole rings is 1. The number of halogens is 3. The molecule has 0 bridgehead atoms. The molecule has 0 aliphatic rings. The first kappa shape index (κ1) is 22.2. The van der Waals surface area contributed by atoms with Crippen LogP contribution in [0.15, 0.2) is 47.2 Å². The monoisotopic (exact) mass is 503 g/mol. The number of ether oxygens (including phenoxy) is 1. The van der Waals surface area contributed by atoms with Crippen molar-refractivity contribution in [1.29, 1.82) is 0 Å². The van der Waals surface area contributed by atoms with E-state index < -0.39 is 12.2 Å². The molecule has 1 N–H and O–H groups in total. The van der Waals surface area contributed by atoms with Gasteiger partial charge in [0.1, 0.15) is 22.7 Å². The number of aryl methyl sites for hydroxylation is 1. The highest BCUT2D eigenvalue weighted by Gasteiger charge is 2.20. The van der Waals surface area contributed by atoms with Crippen molar-refractivity contribution >= 4 is 27.1 Å². The largest absolute Gasteiger partial charge is 0.434 e. The highest BCUT2D eigenvalue weighted by atomic mass is 79.9. The number of hydrogen-bond acceptors (Lipinski definition) is 6. The molecular weight excluding hydrogens is 484 g/mol. The second-order valence-corrected chi connectivity index (χ2v) is 8.59. The van der Waals surface area contributed by atoms with E-state index in [2.05, 4.69) is 30.9 Å². The van der Waals surface area contributed by atoms with Crippen molar-refractivity contribution in [2.45, 2.75) is 39.5 Å². The van der Waals surface area contributed by atoms with Gasteiger partial charge in [0.05, 0.1) is 12.2 Å². The predicted molar refractivity (Wildman–Crippen MR) is 118 cm³/mol. The Balaban J connectivity index is 1.75. The fourth-order valence-corrected chi connectivity index (χ4v) is 3.77. The lowest BCUT2D eigenvalue weighted by Gasteiger charge is -2.15. The molecule has 1 aromatic carbocycles. The van der Waals surface area contributed by atoms with Crippen LogP contribution in [0, 0.1) is 6.92 Å². The molecule has 0 saturated heterocycles. The molecule has 0 aliphatic carbocycles. The Morgan fingerprint density at radius 1 is 1.12 bits per heavy atom. The topological polar surface area (TPSA) is 86.0 Å². The minimum Gasteiger partial charge on any atom is -0.434 e. The molecule has 7 nitrogen and oxygen atoms in total. The summed E-state index contributed by atoms with van der Waals surface area (Å²) in [7, 11) is 0. The molecule has 0 aliphatic heterocycles. The van der Waals surface area contributed by atoms with E-state index in [0.717, 1.165) is 0 Å². The number of benzene rings is 1. The van der Waals surface area contributed by atoms with Crippen LogP contribution < -0.4 is 4.74 Å². The van der Waals surface area contributed by atoms with Crippen molar-refractivity contribution < 1.29 is 18.6 Å². The number of fused-ring (bicyclic) bond motifs is 1. The number of nitrogens with zero attached hydrogens (tertiary/aromatic N) is 5. The molecule has 0 fully saturated rings. The summed E-state index contributed by atoms with van der Waals surface area (Å²) in [5.41, 5.74) is 1.96.